The molecule has 1 aromatic rings. The van der Waals surface area contributed by atoms with Crippen LogP contribution in [0, 0.1) is 0 Å². The van der Waals surface area contributed by atoms with E-state index in [4.69, 9.17) is 5.84 Å². The van der Waals surface area contributed by atoms with E-state index in [1.807, 2.05) is 0 Å². The molecule has 0 fully saturated rings. The second-order valence-electron chi connectivity index (χ2n) is 6.77. The van der Waals surface area contributed by atoms with Gasteiger partial charge in [-0.05, 0) is 29.9 Å². The summed E-state index contributed by atoms with van der Waals surface area (Å²) in [5.74, 6) is 5.51. The van der Waals surface area contributed by atoms with Crippen LogP contribution in [0.3, 0.4) is 0 Å². The second-order valence-corrected chi connectivity index (χ2v) is 7.68. The van der Waals surface area contributed by atoms with Crippen molar-refractivity contribution < 1.29 is 0 Å². The number of hydrogen-bond donors (Lipinski definition) is 2. The van der Waals surface area contributed by atoms with Gasteiger partial charge in [-0.15, -0.1) is 11.3 Å². The lowest BCUT2D eigenvalue weighted by Gasteiger charge is -2.04. The summed E-state index contributed by atoms with van der Waals surface area (Å²) in [6, 6.07) is 2.20. The van der Waals surface area contributed by atoms with Gasteiger partial charge in [0.15, 0.2) is 0 Å². The Bertz CT molecular complexity index is 362. The Labute approximate surface area is 148 Å². The largest absolute Gasteiger partial charge is 0.315 e. The summed E-state index contributed by atoms with van der Waals surface area (Å²) >= 11 is 1.70. The fourth-order valence-electron chi connectivity index (χ4n) is 3.17. The van der Waals surface area contributed by atoms with Crippen molar-refractivity contribution in [2.45, 2.75) is 103 Å². The Hall–Kier alpha value is -0.540. The Balaban J connectivity index is 1.78. The number of nitrogens with two attached hydrogens (primary N) is 1. The first-order valence-corrected chi connectivity index (χ1v) is 10.8. The Morgan fingerprint density at radius 3 is 1.74 bits per heavy atom. The van der Waals surface area contributed by atoms with E-state index in [0.29, 0.717) is 0 Å². The molecule has 1 heterocycles. The topological polar surface area (TPSA) is 38.0 Å². The molecule has 0 saturated heterocycles. The fraction of sp³-hybridized carbons (Fsp3) is 0.800. The molecule has 3 heteroatoms. The van der Waals surface area contributed by atoms with E-state index < -0.39 is 0 Å². The van der Waals surface area contributed by atoms with E-state index in [9.17, 15) is 0 Å². The molecule has 0 radical (unpaired) electrons. The monoisotopic (exact) mass is 338 g/mol. The fourth-order valence-corrected chi connectivity index (χ4v) is 3.93. The summed E-state index contributed by atoms with van der Waals surface area (Å²) in [6.45, 7) is 2.29. The average Bonchev–Trinajstić information content (AvgIpc) is 3.02. The predicted molar refractivity (Wildman–Crippen MR) is 106 cm³/mol. The summed E-state index contributed by atoms with van der Waals surface area (Å²) in [5, 5.41) is 3.26. The van der Waals surface area contributed by atoms with Crippen LogP contribution in [-0.2, 0) is 6.42 Å². The number of rotatable bonds is 16. The molecule has 23 heavy (non-hydrogen) atoms. The van der Waals surface area contributed by atoms with E-state index in [1.54, 1.807) is 11.3 Å². The lowest BCUT2D eigenvalue weighted by Crippen LogP contribution is -2.06. The van der Waals surface area contributed by atoms with Crippen molar-refractivity contribution in [3.05, 3.63) is 17.0 Å². The van der Waals surface area contributed by atoms with E-state index in [2.05, 4.69) is 23.8 Å². The van der Waals surface area contributed by atoms with Crippen molar-refractivity contribution >= 4 is 16.3 Å². The van der Waals surface area contributed by atoms with Crippen molar-refractivity contribution in [1.29, 1.82) is 0 Å². The highest BCUT2D eigenvalue weighted by molar-refractivity contribution is 7.14. The zero-order valence-electron chi connectivity index (χ0n) is 15.2. The molecule has 134 valence electrons. The van der Waals surface area contributed by atoms with Gasteiger partial charge in [0.2, 0.25) is 0 Å². The minimum atomic E-state index is 1.14. The molecule has 2 nitrogen and oxygen atoms in total. The number of hydrogen-bond acceptors (Lipinski definition) is 3. The van der Waals surface area contributed by atoms with Crippen molar-refractivity contribution in [1.82, 2.24) is 0 Å². The van der Waals surface area contributed by atoms with E-state index in [-0.39, 0.29) is 0 Å². The summed E-state index contributed by atoms with van der Waals surface area (Å²) < 4.78 is 0. The molecule has 0 aliphatic heterocycles. The Kier molecular flexibility index (Phi) is 13.4. The lowest BCUT2D eigenvalue weighted by molar-refractivity contribution is 0.535. The molecule has 1 rings (SSSR count). The lowest BCUT2D eigenvalue weighted by atomic mass is 10.0. The minimum absolute atomic E-state index is 1.14. The maximum Gasteiger partial charge on any atom is 0.106 e. The van der Waals surface area contributed by atoms with Crippen LogP contribution in [0.1, 0.15) is 102 Å². The van der Waals surface area contributed by atoms with Gasteiger partial charge in [-0.1, -0.05) is 90.4 Å². The van der Waals surface area contributed by atoms with Crippen molar-refractivity contribution in [3.63, 3.8) is 0 Å². The first-order chi connectivity index (χ1) is 11.4. The predicted octanol–water partition coefficient (Wildman–Crippen LogP) is 7.06. The van der Waals surface area contributed by atoms with E-state index in [1.165, 1.54) is 102 Å². The van der Waals surface area contributed by atoms with Crippen molar-refractivity contribution in [3.8, 4) is 0 Å². The number of nitrogen functional groups attached to an aromatic ring is 1. The van der Waals surface area contributed by atoms with Gasteiger partial charge in [-0.2, -0.15) is 0 Å². The summed E-state index contributed by atoms with van der Waals surface area (Å²) in [7, 11) is 0. The van der Waals surface area contributed by atoms with Gasteiger partial charge in [-0.25, -0.2) is 5.84 Å². The normalized spacial score (nSPS) is 11.0. The molecule has 0 spiro atoms. The third kappa shape index (κ3) is 10.8. The number of unbranched alkanes of at least 4 members (excludes halogenated alkanes) is 13. The molecule has 0 unspecified atom stereocenters. The molecular formula is C20H38N2S. The number of hydrazine groups is 1. The summed E-state index contributed by atoms with van der Waals surface area (Å²) in [5.41, 5.74) is 4.18. The summed E-state index contributed by atoms with van der Waals surface area (Å²) in [6.07, 6.45) is 21.0. The van der Waals surface area contributed by atoms with Crippen LogP contribution in [0.25, 0.3) is 0 Å². The van der Waals surface area contributed by atoms with Crippen LogP contribution >= 0.6 is 11.3 Å². The number of anilines is 1. The first-order valence-electron chi connectivity index (χ1n) is 9.91. The van der Waals surface area contributed by atoms with Gasteiger partial charge in [0, 0.05) is 0 Å². The molecule has 0 bridgehead atoms. The van der Waals surface area contributed by atoms with Crippen LogP contribution in [0.4, 0.5) is 5.00 Å². The van der Waals surface area contributed by atoms with Gasteiger partial charge in [0.1, 0.15) is 5.00 Å². The number of aryl methyl sites for hydroxylation is 1. The molecule has 1 aromatic heterocycles. The quantitative estimate of drug-likeness (QED) is 0.192. The van der Waals surface area contributed by atoms with Crippen LogP contribution in [0.15, 0.2) is 11.4 Å². The zero-order chi connectivity index (χ0) is 16.6. The number of nitrogens with one attached hydrogen (secondary N) is 1. The van der Waals surface area contributed by atoms with Crippen molar-refractivity contribution in [2.75, 3.05) is 5.43 Å². The van der Waals surface area contributed by atoms with Gasteiger partial charge in [0.05, 0.1) is 0 Å². The van der Waals surface area contributed by atoms with Gasteiger partial charge >= 0.3 is 0 Å². The average molecular weight is 339 g/mol. The molecule has 0 saturated carbocycles. The zero-order valence-corrected chi connectivity index (χ0v) is 16.1. The minimum Gasteiger partial charge on any atom is -0.315 e. The van der Waals surface area contributed by atoms with E-state index >= 15 is 0 Å². The highest BCUT2D eigenvalue weighted by atomic mass is 32.1. The molecule has 3 N–H and O–H groups in total. The maximum atomic E-state index is 5.51. The van der Waals surface area contributed by atoms with E-state index in [0.717, 1.165) is 5.00 Å². The van der Waals surface area contributed by atoms with Crippen LogP contribution in [0.2, 0.25) is 0 Å². The Morgan fingerprint density at radius 2 is 1.26 bits per heavy atom. The standard InChI is InChI=1S/C20H38N2S/c1-2-3-4-5-6-7-8-9-10-11-12-13-14-15-16-19-17-18-23-20(19)22-21/h17-18,22H,2-16,21H2,1H3. The SMILES string of the molecule is CCCCCCCCCCCCCCCCc1ccsc1NN. The number of thiophene rings is 1. The second kappa shape index (κ2) is 15.0. The molecule has 0 aromatic carbocycles. The molecule has 0 aliphatic carbocycles. The molecular weight excluding hydrogens is 300 g/mol. The van der Waals surface area contributed by atoms with Crippen LogP contribution in [-0.4, -0.2) is 0 Å². The summed E-state index contributed by atoms with van der Waals surface area (Å²) in [4.78, 5) is 0. The van der Waals surface area contributed by atoms with Gasteiger partial charge in [-0.3, -0.25) is 0 Å². The maximum absolute atomic E-state index is 5.51. The Morgan fingerprint density at radius 1 is 0.783 bits per heavy atom. The third-order valence-corrected chi connectivity index (χ3v) is 5.57. The molecule has 0 aliphatic rings. The van der Waals surface area contributed by atoms with Gasteiger partial charge < -0.3 is 5.43 Å². The highest BCUT2D eigenvalue weighted by Gasteiger charge is 2.02. The first kappa shape index (κ1) is 20.5. The van der Waals surface area contributed by atoms with Crippen LogP contribution < -0.4 is 11.3 Å². The smallest absolute Gasteiger partial charge is 0.106 e. The van der Waals surface area contributed by atoms with Crippen molar-refractivity contribution in [2.24, 2.45) is 5.84 Å². The molecule has 0 amide bonds. The van der Waals surface area contributed by atoms with Crippen LogP contribution in [0.5, 0.6) is 0 Å². The molecule has 0 atom stereocenters. The third-order valence-electron chi connectivity index (χ3n) is 4.68. The highest BCUT2D eigenvalue weighted by Crippen LogP contribution is 2.24. The van der Waals surface area contributed by atoms with Gasteiger partial charge in [0.25, 0.3) is 0 Å².